The number of hydrogen-bond donors (Lipinski definition) is 1. The zero-order valence-corrected chi connectivity index (χ0v) is 12.8. The Labute approximate surface area is 121 Å². The fraction of sp³-hybridized carbons (Fsp3) is 0.600. The third-order valence-corrected chi connectivity index (χ3v) is 3.89. The highest BCUT2D eigenvalue weighted by atomic mass is 35.5. The summed E-state index contributed by atoms with van der Waals surface area (Å²) in [7, 11) is 0. The van der Waals surface area contributed by atoms with Gasteiger partial charge in [-0.3, -0.25) is 0 Å². The first kappa shape index (κ1) is 15.8. The smallest absolute Gasteiger partial charge is 0.0465 e. The Morgan fingerprint density at radius 3 is 2.39 bits per heavy atom. The number of benzene rings is 1. The van der Waals surface area contributed by atoms with E-state index in [-0.39, 0.29) is 0 Å². The number of unbranched alkanes of at least 4 members (excludes halogenated alkanes) is 3. The summed E-state index contributed by atoms with van der Waals surface area (Å²) in [6, 6.07) is 6.16. The molecule has 18 heavy (non-hydrogen) atoms. The lowest BCUT2D eigenvalue weighted by Gasteiger charge is -2.15. The van der Waals surface area contributed by atoms with Crippen LogP contribution in [0.4, 0.5) is 0 Å². The molecule has 0 saturated heterocycles. The summed E-state index contributed by atoms with van der Waals surface area (Å²) in [6.07, 6.45) is 6.45. The Hall–Kier alpha value is -0.240. The topological polar surface area (TPSA) is 12.0 Å². The van der Waals surface area contributed by atoms with Gasteiger partial charge in [0.1, 0.15) is 0 Å². The van der Waals surface area contributed by atoms with Crippen molar-refractivity contribution in [1.29, 1.82) is 0 Å². The van der Waals surface area contributed by atoms with Gasteiger partial charge in [-0.1, -0.05) is 61.9 Å². The first-order chi connectivity index (χ1) is 8.65. The van der Waals surface area contributed by atoms with Crippen LogP contribution in [0.15, 0.2) is 18.2 Å². The molecule has 0 spiro atoms. The van der Waals surface area contributed by atoms with Crippen LogP contribution in [-0.2, 0) is 6.54 Å². The van der Waals surface area contributed by atoms with E-state index in [9.17, 15) is 0 Å². The molecule has 0 fully saturated rings. The monoisotopic (exact) mass is 287 g/mol. The highest BCUT2D eigenvalue weighted by molar-refractivity contribution is 6.35. The standard InChI is InChI=1S/C15H23Cl2N/c1-3-4-5-6-8-12(2)18-11-13-14(16)9-7-10-15(13)17/h7,9-10,12,18H,3-6,8,11H2,1-2H3. The molecule has 0 aromatic heterocycles. The van der Waals surface area contributed by atoms with Gasteiger partial charge >= 0.3 is 0 Å². The van der Waals surface area contributed by atoms with Crippen molar-refractivity contribution in [3.05, 3.63) is 33.8 Å². The minimum absolute atomic E-state index is 0.509. The predicted octanol–water partition coefficient (Wildman–Crippen LogP) is 5.44. The maximum absolute atomic E-state index is 6.13. The van der Waals surface area contributed by atoms with Gasteiger partial charge in [0.15, 0.2) is 0 Å². The van der Waals surface area contributed by atoms with E-state index in [0.717, 1.165) is 22.2 Å². The van der Waals surface area contributed by atoms with Gasteiger partial charge in [-0.15, -0.1) is 0 Å². The molecule has 1 atom stereocenters. The van der Waals surface area contributed by atoms with Crippen LogP contribution >= 0.6 is 23.2 Å². The van der Waals surface area contributed by atoms with Crippen molar-refractivity contribution < 1.29 is 0 Å². The molecule has 0 amide bonds. The maximum atomic E-state index is 6.13. The van der Waals surface area contributed by atoms with Crippen molar-refractivity contribution in [2.75, 3.05) is 0 Å². The Morgan fingerprint density at radius 2 is 1.78 bits per heavy atom. The summed E-state index contributed by atoms with van der Waals surface area (Å²) >= 11 is 12.3. The Balaban J connectivity index is 2.31. The molecule has 0 aliphatic carbocycles. The molecule has 1 N–H and O–H groups in total. The van der Waals surface area contributed by atoms with Gasteiger partial charge in [0.2, 0.25) is 0 Å². The molecule has 0 aliphatic heterocycles. The first-order valence-electron chi connectivity index (χ1n) is 6.81. The van der Waals surface area contributed by atoms with Crippen molar-refractivity contribution in [2.45, 2.75) is 58.5 Å². The molecular weight excluding hydrogens is 265 g/mol. The van der Waals surface area contributed by atoms with Crippen LogP contribution in [0, 0.1) is 0 Å². The third-order valence-electron chi connectivity index (χ3n) is 3.18. The van der Waals surface area contributed by atoms with Gasteiger partial charge in [0.25, 0.3) is 0 Å². The zero-order valence-electron chi connectivity index (χ0n) is 11.3. The summed E-state index contributed by atoms with van der Waals surface area (Å²) in [5.41, 5.74) is 1.00. The molecule has 1 unspecified atom stereocenters. The van der Waals surface area contributed by atoms with Crippen molar-refractivity contribution in [1.82, 2.24) is 5.32 Å². The Morgan fingerprint density at radius 1 is 1.11 bits per heavy atom. The van der Waals surface area contributed by atoms with E-state index in [4.69, 9.17) is 23.2 Å². The molecule has 0 bridgehead atoms. The fourth-order valence-corrected chi connectivity index (χ4v) is 2.49. The van der Waals surface area contributed by atoms with E-state index in [0.29, 0.717) is 6.04 Å². The first-order valence-corrected chi connectivity index (χ1v) is 7.57. The van der Waals surface area contributed by atoms with Gasteiger partial charge in [-0.2, -0.15) is 0 Å². The molecule has 1 nitrogen and oxygen atoms in total. The molecule has 1 rings (SSSR count). The van der Waals surface area contributed by atoms with Gasteiger partial charge < -0.3 is 5.32 Å². The second-order valence-corrected chi connectivity index (χ2v) is 5.65. The predicted molar refractivity (Wildman–Crippen MR) is 81.5 cm³/mol. The fourth-order valence-electron chi connectivity index (χ4n) is 1.96. The van der Waals surface area contributed by atoms with Gasteiger partial charge in [0, 0.05) is 28.2 Å². The summed E-state index contributed by atoms with van der Waals surface area (Å²) in [5.74, 6) is 0. The van der Waals surface area contributed by atoms with E-state index < -0.39 is 0 Å². The average Bonchev–Trinajstić information content (AvgIpc) is 2.34. The Kier molecular flexibility index (Phi) is 7.73. The van der Waals surface area contributed by atoms with Gasteiger partial charge in [0.05, 0.1) is 0 Å². The van der Waals surface area contributed by atoms with Crippen LogP contribution in [0.25, 0.3) is 0 Å². The minimum Gasteiger partial charge on any atom is -0.310 e. The Bertz CT molecular complexity index is 332. The van der Waals surface area contributed by atoms with Crippen molar-refractivity contribution >= 4 is 23.2 Å². The quantitative estimate of drug-likeness (QED) is 0.628. The van der Waals surface area contributed by atoms with Crippen LogP contribution in [0.5, 0.6) is 0 Å². The lowest BCUT2D eigenvalue weighted by Crippen LogP contribution is -2.25. The van der Waals surface area contributed by atoms with E-state index in [1.807, 2.05) is 18.2 Å². The highest BCUT2D eigenvalue weighted by Crippen LogP contribution is 2.24. The minimum atomic E-state index is 0.509. The summed E-state index contributed by atoms with van der Waals surface area (Å²) in [6.45, 7) is 5.20. The maximum Gasteiger partial charge on any atom is 0.0465 e. The van der Waals surface area contributed by atoms with Crippen LogP contribution in [-0.4, -0.2) is 6.04 Å². The largest absolute Gasteiger partial charge is 0.310 e. The average molecular weight is 288 g/mol. The normalized spacial score (nSPS) is 12.7. The van der Waals surface area contributed by atoms with Crippen LogP contribution in [0.1, 0.15) is 51.5 Å². The van der Waals surface area contributed by atoms with E-state index in [1.165, 1.54) is 32.1 Å². The van der Waals surface area contributed by atoms with Crippen LogP contribution < -0.4 is 5.32 Å². The lowest BCUT2D eigenvalue weighted by atomic mass is 10.1. The molecular formula is C15H23Cl2N. The number of rotatable bonds is 8. The van der Waals surface area contributed by atoms with E-state index in [1.54, 1.807) is 0 Å². The SMILES string of the molecule is CCCCCCC(C)NCc1c(Cl)cccc1Cl. The highest BCUT2D eigenvalue weighted by Gasteiger charge is 2.07. The van der Waals surface area contributed by atoms with E-state index in [2.05, 4.69) is 19.2 Å². The second kappa shape index (κ2) is 8.79. The summed E-state index contributed by atoms with van der Waals surface area (Å²) in [4.78, 5) is 0. The number of halogens is 2. The molecule has 102 valence electrons. The van der Waals surface area contributed by atoms with Crippen LogP contribution in [0.2, 0.25) is 10.0 Å². The molecule has 0 radical (unpaired) electrons. The van der Waals surface area contributed by atoms with Gasteiger partial charge in [-0.05, 0) is 25.5 Å². The molecule has 0 saturated carbocycles. The van der Waals surface area contributed by atoms with Crippen molar-refractivity contribution in [2.24, 2.45) is 0 Å². The molecule has 3 heteroatoms. The summed E-state index contributed by atoms with van der Waals surface area (Å²) < 4.78 is 0. The number of nitrogens with one attached hydrogen (secondary N) is 1. The van der Waals surface area contributed by atoms with Crippen molar-refractivity contribution in [3.8, 4) is 0 Å². The summed E-state index contributed by atoms with van der Waals surface area (Å²) in [5, 5.41) is 4.98. The van der Waals surface area contributed by atoms with Crippen LogP contribution in [0.3, 0.4) is 0 Å². The lowest BCUT2D eigenvalue weighted by molar-refractivity contribution is 0.483. The molecule has 0 aliphatic rings. The third kappa shape index (κ3) is 5.60. The molecule has 1 aromatic carbocycles. The van der Waals surface area contributed by atoms with Crippen molar-refractivity contribution in [3.63, 3.8) is 0 Å². The molecule has 0 heterocycles. The molecule has 1 aromatic rings. The second-order valence-electron chi connectivity index (χ2n) is 4.83. The number of hydrogen-bond acceptors (Lipinski definition) is 1. The van der Waals surface area contributed by atoms with Gasteiger partial charge in [-0.25, -0.2) is 0 Å². The zero-order chi connectivity index (χ0) is 13.4. The van der Waals surface area contributed by atoms with E-state index >= 15 is 0 Å².